The van der Waals surface area contributed by atoms with Crippen LogP contribution in [0.2, 0.25) is 0 Å². The van der Waals surface area contributed by atoms with Crippen molar-refractivity contribution >= 4 is 23.4 Å². The minimum Gasteiger partial charge on any atom is -0.397 e. The van der Waals surface area contributed by atoms with Gasteiger partial charge in [0.15, 0.2) is 5.69 Å². The Labute approximate surface area is 128 Å². The van der Waals surface area contributed by atoms with Crippen LogP contribution in [0.3, 0.4) is 0 Å². The maximum atomic E-state index is 12.0. The van der Waals surface area contributed by atoms with Crippen LogP contribution in [0.4, 0.5) is 5.69 Å². The van der Waals surface area contributed by atoms with E-state index in [-0.39, 0.29) is 5.91 Å². The number of carbonyl (C=O) groups excluding carboxylic acids is 1. The summed E-state index contributed by atoms with van der Waals surface area (Å²) in [4.78, 5) is 12.0. The van der Waals surface area contributed by atoms with Crippen LogP contribution < -0.4 is 11.1 Å². The van der Waals surface area contributed by atoms with E-state index < -0.39 is 0 Å². The molecule has 0 fully saturated rings. The van der Waals surface area contributed by atoms with Crippen molar-refractivity contribution in [1.82, 2.24) is 15.1 Å². The van der Waals surface area contributed by atoms with Crippen molar-refractivity contribution in [2.75, 3.05) is 18.5 Å². The molecule has 0 bridgehead atoms. The highest BCUT2D eigenvalue weighted by atomic mass is 32.2. The summed E-state index contributed by atoms with van der Waals surface area (Å²) in [6.07, 6.45) is 4.75. The number of hydrogen-bond acceptors (Lipinski definition) is 4. The lowest BCUT2D eigenvalue weighted by Crippen LogP contribution is -2.26. The van der Waals surface area contributed by atoms with E-state index in [2.05, 4.69) is 23.6 Å². The SMILES string of the molecule is CSC(C)CCNC(=O)c1ccn(-c2ccccc2N)n1. The summed E-state index contributed by atoms with van der Waals surface area (Å²) in [7, 11) is 0. The third-order valence-electron chi connectivity index (χ3n) is 3.24. The van der Waals surface area contributed by atoms with E-state index in [9.17, 15) is 4.79 Å². The molecule has 0 aliphatic rings. The topological polar surface area (TPSA) is 72.9 Å². The van der Waals surface area contributed by atoms with Crippen LogP contribution in [-0.4, -0.2) is 33.7 Å². The Bertz CT molecular complexity index is 611. The predicted molar refractivity (Wildman–Crippen MR) is 87.9 cm³/mol. The zero-order valence-corrected chi connectivity index (χ0v) is 13.1. The Morgan fingerprint density at radius 2 is 2.19 bits per heavy atom. The number of aromatic nitrogens is 2. The third kappa shape index (κ3) is 4.01. The van der Waals surface area contributed by atoms with Gasteiger partial charge < -0.3 is 11.1 Å². The average Bonchev–Trinajstić information content (AvgIpc) is 2.97. The van der Waals surface area contributed by atoms with Gasteiger partial charge in [0.25, 0.3) is 5.91 Å². The van der Waals surface area contributed by atoms with E-state index in [1.165, 1.54) is 0 Å². The molecule has 1 heterocycles. The molecule has 1 aromatic carbocycles. The number of nitrogen functional groups attached to an aromatic ring is 1. The second-order valence-corrected chi connectivity index (χ2v) is 6.07. The first-order chi connectivity index (χ1) is 10.1. The van der Waals surface area contributed by atoms with Gasteiger partial charge in [-0.25, -0.2) is 4.68 Å². The molecule has 5 nitrogen and oxygen atoms in total. The number of anilines is 1. The van der Waals surface area contributed by atoms with Crippen LogP contribution in [0.15, 0.2) is 36.5 Å². The molecule has 6 heteroatoms. The van der Waals surface area contributed by atoms with Crippen LogP contribution in [0.1, 0.15) is 23.8 Å². The van der Waals surface area contributed by atoms with Gasteiger partial charge in [-0.05, 0) is 30.9 Å². The molecule has 2 aromatic rings. The van der Waals surface area contributed by atoms with Crippen LogP contribution >= 0.6 is 11.8 Å². The fourth-order valence-corrected chi connectivity index (χ4v) is 2.23. The minimum absolute atomic E-state index is 0.156. The molecule has 2 rings (SSSR count). The summed E-state index contributed by atoms with van der Waals surface area (Å²) in [5.41, 5.74) is 7.70. The molecule has 0 saturated heterocycles. The van der Waals surface area contributed by atoms with Gasteiger partial charge in [0.1, 0.15) is 0 Å². The van der Waals surface area contributed by atoms with Crippen molar-refractivity contribution in [3.8, 4) is 5.69 Å². The zero-order valence-electron chi connectivity index (χ0n) is 12.2. The molecular weight excluding hydrogens is 284 g/mol. The summed E-state index contributed by atoms with van der Waals surface area (Å²) in [6, 6.07) is 9.12. The van der Waals surface area contributed by atoms with Crippen LogP contribution in [-0.2, 0) is 0 Å². The molecule has 112 valence electrons. The van der Waals surface area contributed by atoms with Gasteiger partial charge in [0, 0.05) is 18.0 Å². The van der Waals surface area contributed by atoms with E-state index >= 15 is 0 Å². The molecule has 0 radical (unpaired) electrons. The van der Waals surface area contributed by atoms with E-state index in [0.717, 1.165) is 12.1 Å². The van der Waals surface area contributed by atoms with E-state index in [4.69, 9.17) is 5.73 Å². The Hall–Kier alpha value is -1.95. The summed E-state index contributed by atoms with van der Waals surface area (Å²) in [5.74, 6) is -0.156. The van der Waals surface area contributed by atoms with Gasteiger partial charge in [-0.2, -0.15) is 16.9 Å². The van der Waals surface area contributed by atoms with E-state index in [1.807, 2.05) is 18.2 Å². The molecule has 0 aliphatic carbocycles. The number of carbonyl (C=O) groups is 1. The second-order valence-electron chi connectivity index (χ2n) is 4.80. The van der Waals surface area contributed by atoms with Gasteiger partial charge in [-0.15, -0.1) is 0 Å². The Morgan fingerprint density at radius 1 is 1.43 bits per heavy atom. The van der Waals surface area contributed by atoms with Gasteiger partial charge in [-0.1, -0.05) is 19.1 Å². The first-order valence-electron chi connectivity index (χ1n) is 6.83. The zero-order chi connectivity index (χ0) is 15.2. The number of nitrogens with zero attached hydrogens (tertiary/aromatic N) is 2. The number of nitrogens with one attached hydrogen (secondary N) is 1. The Balaban J connectivity index is 2.00. The first-order valence-corrected chi connectivity index (χ1v) is 8.12. The molecule has 0 aliphatic heterocycles. The molecule has 1 unspecified atom stereocenters. The number of amides is 1. The number of thioether (sulfide) groups is 1. The fraction of sp³-hybridized carbons (Fsp3) is 0.333. The lowest BCUT2D eigenvalue weighted by Gasteiger charge is -2.08. The smallest absolute Gasteiger partial charge is 0.271 e. The molecule has 21 heavy (non-hydrogen) atoms. The number of para-hydroxylation sites is 2. The summed E-state index contributed by atoms with van der Waals surface area (Å²) < 4.78 is 1.62. The largest absolute Gasteiger partial charge is 0.397 e. The Morgan fingerprint density at radius 3 is 2.90 bits per heavy atom. The van der Waals surface area contributed by atoms with Crippen molar-refractivity contribution in [2.24, 2.45) is 0 Å². The average molecular weight is 304 g/mol. The van der Waals surface area contributed by atoms with Gasteiger partial charge >= 0.3 is 0 Å². The monoisotopic (exact) mass is 304 g/mol. The fourth-order valence-electron chi connectivity index (χ4n) is 1.87. The number of benzene rings is 1. The molecule has 1 aromatic heterocycles. The minimum atomic E-state index is -0.156. The second kappa shape index (κ2) is 7.17. The standard InChI is InChI=1S/C15H20N4OS/c1-11(21-2)7-9-17-15(20)13-8-10-19(18-13)14-6-4-3-5-12(14)16/h3-6,8,10-11H,7,9,16H2,1-2H3,(H,17,20). The van der Waals surface area contributed by atoms with Crippen molar-refractivity contribution in [3.63, 3.8) is 0 Å². The lowest BCUT2D eigenvalue weighted by atomic mass is 10.3. The first kappa shape index (κ1) is 15.4. The van der Waals surface area contributed by atoms with Gasteiger partial charge in [0.05, 0.1) is 11.4 Å². The van der Waals surface area contributed by atoms with E-state index in [0.29, 0.717) is 23.2 Å². The lowest BCUT2D eigenvalue weighted by molar-refractivity contribution is 0.0948. The van der Waals surface area contributed by atoms with Crippen molar-refractivity contribution in [1.29, 1.82) is 0 Å². The molecule has 1 amide bonds. The maximum Gasteiger partial charge on any atom is 0.271 e. The molecular formula is C15H20N4OS. The molecule has 1 atom stereocenters. The highest BCUT2D eigenvalue weighted by Gasteiger charge is 2.11. The molecule has 0 spiro atoms. The number of rotatable bonds is 6. The third-order valence-corrected chi connectivity index (χ3v) is 4.28. The Kier molecular flexibility index (Phi) is 5.27. The quantitative estimate of drug-likeness (QED) is 0.803. The highest BCUT2D eigenvalue weighted by molar-refractivity contribution is 7.99. The maximum absolute atomic E-state index is 12.0. The van der Waals surface area contributed by atoms with Crippen molar-refractivity contribution in [3.05, 3.63) is 42.2 Å². The summed E-state index contributed by atoms with van der Waals surface area (Å²) in [5, 5.41) is 7.70. The van der Waals surface area contributed by atoms with Gasteiger partial charge in [0.2, 0.25) is 0 Å². The normalized spacial score (nSPS) is 12.1. The van der Waals surface area contributed by atoms with E-state index in [1.54, 1.807) is 34.8 Å². The predicted octanol–water partition coefficient (Wildman–Crippen LogP) is 2.33. The molecule has 0 saturated carbocycles. The van der Waals surface area contributed by atoms with Crippen LogP contribution in [0.25, 0.3) is 5.69 Å². The van der Waals surface area contributed by atoms with Crippen LogP contribution in [0, 0.1) is 0 Å². The van der Waals surface area contributed by atoms with Crippen LogP contribution in [0.5, 0.6) is 0 Å². The number of hydrogen-bond donors (Lipinski definition) is 2. The van der Waals surface area contributed by atoms with Crippen molar-refractivity contribution < 1.29 is 4.79 Å². The highest BCUT2D eigenvalue weighted by Crippen LogP contribution is 2.15. The molecule has 3 N–H and O–H groups in total. The summed E-state index contributed by atoms with van der Waals surface area (Å²) >= 11 is 1.79. The number of nitrogens with two attached hydrogens (primary N) is 1. The van der Waals surface area contributed by atoms with Crippen molar-refractivity contribution in [2.45, 2.75) is 18.6 Å². The summed E-state index contributed by atoms with van der Waals surface area (Å²) in [6.45, 7) is 2.80. The van der Waals surface area contributed by atoms with Gasteiger partial charge in [-0.3, -0.25) is 4.79 Å².